The number of oxime groups is 1. The van der Waals surface area contributed by atoms with E-state index in [9.17, 15) is 29.1 Å². The Hall–Kier alpha value is -4.84. The topological polar surface area (TPSA) is 209 Å². The van der Waals surface area contributed by atoms with Crippen LogP contribution in [0.25, 0.3) is 10.2 Å². The molecule has 42 heavy (non-hydrogen) atoms. The Bertz CT molecular complexity index is 1650. The first-order chi connectivity index (χ1) is 20.2. The van der Waals surface area contributed by atoms with Gasteiger partial charge in [-0.2, -0.15) is 9.67 Å². The van der Waals surface area contributed by atoms with Crippen LogP contribution >= 0.6 is 23.1 Å². The van der Waals surface area contributed by atoms with Crippen LogP contribution in [0, 0.1) is 0 Å². The van der Waals surface area contributed by atoms with Crippen LogP contribution in [0.1, 0.15) is 12.6 Å². The summed E-state index contributed by atoms with van der Waals surface area (Å²) in [6, 6.07) is 2.18. The van der Waals surface area contributed by atoms with Gasteiger partial charge in [0.15, 0.2) is 29.8 Å². The summed E-state index contributed by atoms with van der Waals surface area (Å²) in [5.41, 5.74) is 0.943. The number of hydrogen-bond donors (Lipinski definition) is 4. The van der Waals surface area contributed by atoms with Crippen LogP contribution in [-0.4, -0.2) is 91.4 Å². The predicted molar refractivity (Wildman–Crippen MR) is 147 cm³/mol. The Kier molecular flexibility index (Phi) is 8.16. The Balaban J connectivity index is 1.32. The average Bonchev–Trinajstić information content (AvgIpc) is 3.62. The van der Waals surface area contributed by atoms with Gasteiger partial charge in [-0.1, -0.05) is 16.5 Å². The quantitative estimate of drug-likeness (QED) is 0.0758. The minimum Gasteiger partial charge on any atom is -0.477 e. The molecule has 1 saturated heterocycles. The van der Waals surface area contributed by atoms with Crippen LogP contribution in [0.2, 0.25) is 0 Å². The van der Waals surface area contributed by atoms with Gasteiger partial charge in [-0.25, -0.2) is 14.6 Å². The fraction of sp³-hybridized carbons (Fsp3) is 0.292. The standard InChI is InChI=1S/C24H22N8O8S2/c1-11(33)26-24-27-13-4-6-31(8-15(13)42-24)7-12-10-41-22-18(21(36)32(22)19(12)23(37)38)28-20(35)17(14-3-5-25-29-14)30-40-9-16(34)39-2/h3-6,8,18,22H,7,9-10H2,1-2H3,(H3,25,28,29,30,35,37,38)/p+1/t18?,22-/m0/s1. The van der Waals surface area contributed by atoms with Gasteiger partial charge in [0.1, 0.15) is 21.8 Å². The Morgan fingerprint density at radius 1 is 1.31 bits per heavy atom. The number of fused-ring (bicyclic) bond motifs is 2. The summed E-state index contributed by atoms with van der Waals surface area (Å²) in [5, 5.41) is 25.1. The van der Waals surface area contributed by atoms with Crippen LogP contribution in [0.15, 0.2) is 47.1 Å². The van der Waals surface area contributed by atoms with Crippen LogP contribution < -0.4 is 15.2 Å². The van der Waals surface area contributed by atoms with E-state index in [1.54, 1.807) is 23.0 Å². The lowest BCUT2D eigenvalue weighted by Crippen LogP contribution is -2.71. The van der Waals surface area contributed by atoms with Crippen molar-refractivity contribution in [3.05, 3.63) is 47.7 Å². The number of nitrogens with zero attached hydrogens (tertiary/aromatic N) is 5. The number of methoxy groups -OCH3 is 1. The largest absolute Gasteiger partial charge is 0.477 e. The van der Waals surface area contributed by atoms with E-state index < -0.39 is 41.8 Å². The number of carboxylic acids is 1. The normalized spacial score (nSPS) is 18.3. The fourth-order valence-corrected chi connectivity index (χ4v) is 6.55. The highest BCUT2D eigenvalue weighted by atomic mass is 32.2. The van der Waals surface area contributed by atoms with Crippen molar-refractivity contribution < 1.29 is 43.2 Å². The minimum absolute atomic E-state index is 0.144. The summed E-state index contributed by atoms with van der Waals surface area (Å²) in [6.45, 7) is 1.04. The van der Waals surface area contributed by atoms with Crippen LogP contribution in [0.5, 0.6) is 0 Å². The Morgan fingerprint density at radius 2 is 2.12 bits per heavy atom. The van der Waals surface area contributed by atoms with E-state index in [-0.39, 0.29) is 35.3 Å². The van der Waals surface area contributed by atoms with Crippen molar-refractivity contribution in [2.45, 2.75) is 24.9 Å². The van der Waals surface area contributed by atoms with Gasteiger partial charge in [-0.05, 0) is 6.07 Å². The molecule has 16 nitrogen and oxygen atoms in total. The number of hydrogen-bond acceptors (Lipinski definition) is 12. The lowest BCUT2D eigenvalue weighted by atomic mass is 10.0. The number of carbonyl (C=O) groups is 5. The molecule has 1 fully saturated rings. The number of pyridine rings is 1. The first-order valence-electron chi connectivity index (χ1n) is 12.2. The van der Waals surface area contributed by atoms with Gasteiger partial charge in [0.2, 0.25) is 12.5 Å². The number of ether oxygens (including phenoxy) is 1. The summed E-state index contributed by atoms with van der Waals surface area (Å²) in [6.07, 6.45) is 4.91. The van der Waals surface area contributed by atoms with E-state index in [1.807, 2.05) is 0 Å². The number of aromatic amines is 1. The third-order valence-electron chi connectivity index (χ3n) is 6.12. The first-order valence-corrected chi connectivity index (χ1v) is 14.1. The van der Waals surface area contributed by atoms with E-state index >= 15 is 0 Å². The van der Waals surface area contributed by atoms with Crippen LogP contribution in [0.3, 0.4) is 0 Å². The van der Waals surface area contributed by atoms with Gasteiger partial charge < -0.3 is 25.3 Å². The number of anilines is 1. The zero-order valence-electron chi connectivity index (χ0n) is 22.0. The fourth-order valence-electron chi connectivity index (χ4n) is 4.26. The predicted octanol–water partition coefficient (Wildman–Crippen LogP) is -0.402. The molecule has 0 radical (unpaired) electrons. The molecular weight excluding hydrogens is 592 g/mol. The number of carboxylic acid groups (broad SMARTS) is 1. The SMILES string of the molecule is COC(=O)CON=C(C(=O)NC1C(=O)N2C(C(=O)O)=C(C[n+]3ccc4nc(NC(C)=O)sc4c3)CS[C@@H]12)c1ccn[nH]1. The molecule has 2 aliphatic rings. The van der Waals surface area contributed by atoms with Gasteiger partial charge in [-0.3, -0.25) is 24.4 Å². The Labute approximate surface area is 244 Å². The number of β-lactam (4-membered cyclic amide) rings is 1. The summed E-state index contributed by atoms with van der Waals surface area (Å²) >= 11 is 2.59. The van der Waals surface area contributed by atoms with Gasteiger partial charge in [-0.15, -0.1) is 11.8 Å². The molecule has 5 heterocycles. The van der Waals surface area contributed by atoms with Crippen molar-refractivity contribution in [1.82, 2.24) is 25.4 Å². The number of aliphatic carboxylic acids is 1. The molecule has 0 bridgehead atoms. The maximum Gasteiger partial charge on any atom is 0.352 e. The third-order valence-corrected chi connectivity index (χ3v) is 8.38. The number of thiazole rings is 1. The first kappa shape index (κ1) is 28.7. The monoisotopic (exact) mass is 615 g/mol. The van der Waals surface area contributed by atoms with E-state index in [2.05, 4.69) is 35.7 Å². The second-order valence-corrected chi connectivity index (χ2v) is 11.1. The highest BCUT2D eigenvalue weighted by molar-refractivity contribution is 8.00. The lowest BCUT2D eigenvalue weighted by Gasteiger charge is -2.49. The molecule has 3 aromatic rings. The van der Waals surface area contributed by atoms with E-state index in [0.717, 1.165) is 9.60 Å². The van der Waals surface area contributed by atoms with Crippen molar-refractivity contribution in [2.24, 2.45) is 5.16 Å². The maximum absolute atomic E-state index is 13.2. The van der Waals surface area contributed by atoms with Crippen molar-refractivity contribution >= 4 is 73.8 Å². The van der Waals surface area contributed by atoms with Crippen molar-refractivity contribution in [2.75, 3.05) is 24.8 Å². The molecular formula is C24H23N8O8S2+. The average molecular weight is 616 g/mol. The van der Waals surface area contributed by atoms with Gasteiger partial charge >= 0.3 is 11.9 Å². The second kappa shape index (κ2) is 12.0. The lowest BCUT2D eigenvalue weighted by molar-refractivity contribution is -0.687. The maximum atomic E-state index is 13.2. The molecule has 0 spiro atoms. The summed E-state index contributed by atoms with van der Waals surface area (Å²) < 4.78 is 7.04. The molecule has 0 saturated carbocycles. The van der Waals surface area contributed by atoms with E-state index in [0.29, 0.717) is 16.2 Å². The number of H-pyrrole nitrogens is 1. The highest BCUT2D eigenvalue weighted by Crippen LogP contribution is 2.40. The zero-order valence-corrected chi connectivity index (χ0v) is 23.7. The molecule has 5 rings (SSSR count). The molecule has 3 aromatic heterocycles. The minimum atomic E-state index is -1.27. The number of esters is 1. The number of rotatable bonds is 10. The molecule has 2 aliphatic heterocycles. The molecule has 0 aromatic carbocycles. The number of carbonyl (C=O) groups excluding carboxylic acids is 4. The molecule has 2 atom stereocenters. The summed E-state index contributed by atoms with van der Waals surface area (Å²) in [5.74, 6) is -3.32. The summed E-state index contributed by atoms with van der Waals surface area (Å²) in [7, 11) is 1.17. The van der Waals surface area contributed by atoms with E-state index in [4.69, 9.17) is 4.84 Å². The van der Waals surface area contributed by atoms with Crippen molar-refractivity contribution in [3.63, 3.8) is 0 Å². The van der Waals surface area contributed by atoms with Gasteiger partial charge in [0.05, 0.1) is 18.3 Å². The highest BCUT2D eigenvalue weighted by Gasteiger charge is 2.54. The third kappa shape index (κ3) is 5.79. The number of nitrogens with one attached hydrogen (secondary N) is 3. The molecule has 0 aliphatic carbocycles. The zero-order chi connectivity index (χ0) is 30.0. The van der Waals surface area contributed by atoms with Crippen LogP contribution in [0.4, 0.5) is 5.13 Å². The molecule has 218 valence electrons. The van der Waals surface area contributed by atoms with Crippen molar-refractivity contribution in [3.8, 4) is 0 Å². The molecule has 4 N–H and O–H groups in total. The second-order valence-electron chi connectivity index (χ2n) is 8.94. The Morgan fingerprint density at radius 3 is 2.81 bits per heavy atom. The number of amides is 3. The molecule has 18 heteroatoms. The van der Waals surface area contributed by atoms with Gasteiger partial charge in [0.25, 0.3) is 11.8 Å². The van der Waals surface area contributed by atoms with Crippen molar-refractivity contribution in [1.29, 1.82) is 0 Å². The molecule has 1 unspecified atom stereocenters. The van der Waals surface area contributed by atoms with E-state index in [1.165, 1.54) is 49.4 Å². The number of aromatic nitrogens is 4. The smallest absolute Gasteiger partial charge is 0.352 e. The number of thioether (sulfide) groups is 1. The van der Waals surface area contributed by atoms with Gasteiger partial charge in [0, 0.05) is 30.5 Å². The summed E-state index contributed by atoms with van der Waals surface area (Å²) in [4.78, 5) is 71.7. The van der Waals surface area contributed by atoms with Crippen LogP contribution in [-0.2, 0) is 40.1 Å². The molecule has 3 amide bonds.